The lowest BCUT2D eigenvalue weighted by molar-refractivity contribution is 0.0930. The maximum Gasteiger partial charge on any atom is 0.271 e. The first-order valence-corrected chi connectivity index (χ1v) is 7.58. The molecule has 8 heteroatoms. The van der Waals surface area contributed by atoms with Crippen molar-refractivity contribution in [2.24, 2.45) is 0 Å². The van der Waals surface area contributed by atoms with Gasteiger partial charge in [0.2, 0.25) is 0 Å². The third-order valence-electron chi connectivity index (χ3n) is 3.56. The van der Waals surface area contributed by atoms with Crippen molar-refractivity contribution in [3.8, 4) is 0 Å². The minimum absolute atomic E-state index is 0.0941. The van der Waals surface area contributed by atoms with Crippen LogP contribution in [0, 0.1) is 0 Å². The first-order chi connectivity index (χ1) is 11.5. The van der Waals surface area contributed by atoms with E-state index in [0.717, 1.165) is 5.76 Å². The molecule has 1 atom stereocenters. The van der Waals surface area contributed by atoms with Gasteiger partial charge >= 0.3 is 0 Å². The zero-order valence-electron chi connectivity index (χ0n) is 14.1. The Hall–Kier alpha value is -2.45. The topological polar surface area (TPSA) is 89.6 Å². The largest absolute Gasteiger partial charge is 0.468 e. The lowest BCUT2D eigenvalue weighted by atomic mass is 10.2. The average molecular weight is 334 g/mol. The number of nitrogens with zero attached hydrogens (tertiary/aromatic N) is 3. The van der Waals surface area contributed by atoms with Gasteiger partial charge in [-0.25, -0.2) is 4.68 Å². The lowest BCUT2D eigenvalue weighted by Gasteiger charge is -2.22. The van der Waals surface area contributed by atoms with Crippen LogP contribution in [0.5, 0.6) is 0 Å². The summed E-state index contributed by atoms with van der Waals surface area (Å²) in [6.45, 7) is 1.00. The molecular weight excluding hydrogens is 312 g/mol. The SMILES string of the molecule is COCCn1nc(C(=O)NC[C@@H](c2ccco2)N(C)C)ccc1=O. The molecule has 130 valence electrons. The maximum atomic E-state index is 12.3. The minimum Gasteiger partial charge on any atom is -0.468 e. The summed E-state index contributed by atoms with van der Waals surface area (Å²) in [5, 5.41) is 6.89. The number of carbonyl (C=O) groups is 1. The van der Waals surface area contributed by atoms with Crippen LogP contribution < -0.4 is 10.9 Å². The number of carbonyl (C=O) groups excluding carboxylic acids is 1. The molecule has 0 spiro atoms. The number of hydrogen-bond donors (Lipinski definition) is 1. The number of nitrogens with one attached hydrogen (secondary N) is 1. The molecule has 0 aromatic carbocycles. The molecule has 8 nitrogen and oxygen atoms in total. The highest BCUT2D eigenvalue weighted by molar-refractivity contribution is 5.92. The molecule has 0 fully saturated rings. The summed E-state index contributed by atoms with van der Waals surface area (Å²) in [6, 6.07) is 6.32. The fourth-order valence-electron chi connectivity index (χ4n) is 2.21. The van der Waals surface area contributed by atoms with E-state index < -0.39 is 0 Å². The average Bonchev–Trinajstić information content (AvgIpc) is 3.08. The standard InChI is InChI=1S/C16H22N4O4/c1-19(2)13(14-5-4-9-24-14)11-17-16(22)12-6-7-15(21)20(18-12)8-10-23-3/h4-7,9,13H,8,10-11H2,1-3H3,(H,17,22)/t13-/m0/s1. The second-order valence-electron chi connectivity index (χ2n) is 5.48. The van der Waals surface area contributed by atoms with E-state index in [1.54, 1.807) is 12.3 Å². The van der Waals surface area contributed by atoms with Gasteiger partial charge in [0.25, 0.3) is 11.5 Å². The highest BCUT2D eigenvalue weighted by atomic mass is 16.5. The Morgan fingerprint density at radius 1 is 1.42 bits per heavy atom. The van der Waals surface area contributed by atoms with Gasteiger partial charge in [-0.05, 0) is 32.3 Å². The van der Waals surface area contributed by atoms with E-state index in [9.17, 15) is 9.59 Å². The van der Waals surface area contributed by atoms with Crippen molar-refractivity contribution >= 4 is 5.91 Å². The third kappa shape index (κ3) is 4.53. The van der Waals surface area contributed by atoms with E-state index in [-0.39, 0.29) is 23.2 Å². The van der Waals surface area contributed by atoms with Gasteiger partial charge in [0, 0.05) is 19.7 Å². The van der Waals surface area contributed by atoms with Gasteiger partial charge in [-0.2, -0.15) is 5.10 Å². The fourth-order valence-corrected chi connectivity index (χ4v) is 2.21. The Morgan fingerprint density at radius 2 is 2.21 bits per heavy atom. The van der Waals surface area contributed by atoms with Crippen molar-refractivity contribution in [1.82, 2.24) is 20.0 Å². The predicted octanol–water partition coefficient (Wildman–Crippen LogP) is 0.515. The highest BCUT2D eigenvalue weighted by Gasteiger charge is 2.19. The first kappa shape index (κ1) is 17.9. The Bertz CT molecular complexity index is 709. The summed E-state index contributed by atoms with van der Waals surface area (Å²) >= 11 is 0. The summed E-state index contributed by atoms with van der Waals surface area (Å²) in [5.74, 6) is 0.415. The Kier molecular flexibility index (Phi) is 6.28. The maximum absolute atomic E-state index is 12.3. The lowest BCUT2D eigenvalue weighted by Crippen LogP contribution is -2.36. The molecule has 2 aromatic rings. The normalized spacial score (nSPS) is 12.3. The van der Waals surface area contributed by atoms with Crippen LogP contribution in [0.4, 0.5) is 0 Å². The van der Waals surface area contributed by atoms with Crippen molar-refractivity contribution in [3.05, 3.63) is 52.3 Å². The van der Waals surface area contributed by atoms with E-state index in [1.807, 2.05) is 25.1 Å². The van der Waals surface area contributed by atoms with E-state index in [4.69, 9.17) is 9.15 Å². The number of aromatic nitrogens is 2. The van der Waals surface area contributed by atoms with Gasteiger partial charge in [-0.1, -0.05) is 0 Å². The summed E-state index contributed by atoms with van der Waals surface area (Å²) in [4.78, 5) is 26.0. The Morgan fingerprint density at radius 3 is 2.83 bits per heavy atom. The molecule has 2 heterocycles. The zero-order valence-corrected chi connectivity index (χ0v) is 14.1. The second-order valence-corrected chi connectivity index (χ2v) is 5.48. The van der Waals surface area contributed by atoms with Crippen molar-refractivity contribution in [3.63, 3.8) is 0 Å². The van der Waals surface area contributed by atoms with Gasteiger partial charge in [0.15, 0.2) is 0 Å². The van der Waals surface area contributed by atoms with Crippen LogP contribution in [0.1, 0.15) is 22.3 Å². The van der Waals surface area contributed by atoms with E-state index in [2.05, 4.69) is 10.4 Å². The molecule has 0 unspecified atom stereocenters. The van der Waals surface area contributed by atoms with Crippen molar-refractivity contribution in [2.75, 3.05) is 34.4 Å². The highest BCUT2D eigenvalue weighted by Crippen LogP contribution is 2.17. The summed E-state index contributed by atoms with van der Waals surface area (Å²) in [6.07, 6.45) is 1.60. The second kappa shape index (κ2) is 8.42. The monoisotopic (exact) mass is 334 g/mol. The van der Waals surface area contributed by atoms with Crippen LogP contribution in [0.15, 0.2) is 39.7 Å². The number of methoxy groups -OCH3 is 1. The van der Waals surface area contributed by atoms with Crippen LogP contribution in [-0.4, -0.2) is 54.9 Å². The third-order valence-corrected chi connectivity index (χ3v) is 3.56. The Labute approximate surface area is 140 Å². The quantitative estimate of drug-likeness (QED) is 0.757. The van der Waals surface area contributed by atoms with Crippen molar-refractivity contribution < 1.29 is 13.9 Å². The first-order valence-electron chi connectivity index (χ1n) is 7.58. The predicted molar refractivity (Wildman–Crippen MR) is 87.8 cm³/mol. The number of likely N-dealkylation sites (N-methyl/N-ethyl adjacent to an activating group) is 1. The van der Waals surface area contributed by atoms with Crippen LogP contribution in [0.2, 0.25) is 0 Å². The minimum atomic E-state index is -0.348. The van der Waals surface area contributed by atoms with E-state index >= 15 is 0 Å². The molecular formula is C16H22N4O4. The summed E-state index contributed by atoms with van der Waals surface area (Å²) in [7, 11) is 5.35. The summed E-state index contributed by atoms with van der Waals surface area (Å²) in [5.41, 5.74) is -0.0898. The molecule has 0 aliphatic rings. The van der Waals surface area contributed by atoms with Crippen LogP contribution in [-0.2, 0) is 11.3 Å². The van der Waals surface area contributed by atoms with Gasteiger partial charge in [0.05, 0.1) is 25.5 Å². The van der Waals surface area contributed by atoms with Crippen LogP contribution >= 0.6 is 0 Å². The molecule has 0 bridgehead atoms. The molecule has 0 aliphatic heterocycles. The number of rotatable bonds is 8. The van der Waals surface area contributed by atoms with Crippen LogP contribution in [0.3, 0.4) is 0 Å². The summed E-state index contributed by atoms with van der Waals surface area (Å²) < 4.78 is 11.6. The van der Waals surface area contributed by atoms with Crippen molar-refractivity contribution in [2.45, 2.75) is 12.6 Å². The molecule has 2 rings (SSSR count). The molecule has 1 N–H and O–H groups in total. The molecule has 0 saturated heterocycles. The Balaban J connectivity index is 2.05. The van der Waals surface area contributed by atoms with Crippen LogP contribution in [0.25, 0.3) is 0 Å². The number of hydrogen-bond acceptors (Lipinski definition) is 6. The van der Waals surface area contributed by atoms with E-state index in [0.29, 0.717) is 19.7 Å². The molecule has 0 saturated carbocycles. The fraction of sp³-hybridized carbons (Fsp3) is 0.438. The van der Waals surface area contributed by atoms with E-state index in [1.165, 1.54) is 23.9 Å². The molecule has 1 amide bonds. The molecule has 2 aromatic heterocycles. The zero-order chi connectivity index (χ0) is 17.5. The van der Waals surface area contributed by atoms with Gasteiger partial charge < -0.3 is 14.5 Å². The molecule has 0 radical (unpaired) electrons. The number of amides is 1. The molecule has 0 aliphatic carbocycles. The smallest absolute Gasteiger partial charge is 0.271 e. The number of ether oxygens (including phenoxy) is 1. The number of furan rings is 1. The molecule has 24 heavy (non-hydrogen) atoms. The van der Waals surface area contributed by atoms with Gasteiger partial charge in [-0.15, -0.1) is 0 Å². The van der Waals surface area contributed by atoms with Crippen molar-refractivity contribution in [1.29, 1.82) is 0 Å². The van der Waals surface area contributed by atoms with Gasteiger partial charge in [0.1, 0.15) is 11.5 Å². The van der Waals surface area contributed by atoms with Gasteiger partial charge in [-0.3, -0.25) is 14.5 Å².